The van der Waals surface area contributed by atoms with Gasteiger partial charge in [0.1, 0.15) is 0 Å². The third-order valence-electron chi connectivity index (χ3n) is 0. The van der Waals surface area contributed by atoms with Crippen LogP contribution in [-0.4, -0.2) is 0 Å². The molecule has 0 unspecified atom stereocenters. The summed E-state index contributed by atoms with van der Waals surface area (Å²) in [6.07, 6.45) is 0. The quantitative estimate of drug-likeness (QED) is 0.318. The second-order valence-electron chi connectivity index (χ2n) is 0. The number of hydrogen-bond donors (Lipinski definition) is 0. The van der Waals surface area contributed by atoms with Gasteiger partial charge >= 0.3 is 0 Å². The fourth-order valence-electron chi connectivity index (χ4n) is 0. The van der Waals surface area contributed by atoms with Crippen LogP contribution >= 0.6 is 0 Å². The van der Waals surface area contributed by atoms with Crippen molar-refractivity contribution in [1.29, 1.82) is 0 Å². The van der Waals surface area contributed by atoms with Crippen molar-refractivity contribution < 1.29 is 1200 Å². The van der Waals surface area contributed by atoms with Crippen LogP contribution in [0.25, 0.3) is 0 Å². The molecule has 0 radical (unpaired) electrons. The van der Waals surface area contributed by atoms with Gasteiger partial charge in [0.2, 0.25) is 0 Å². The van der Waals surface area contributed by atoms with E-state index >= 15 is 0 Å². The Balaban J connectivity index is 0. The van der Waals surface area contributed by atoms with E-state index in [1.165, 1.54) is 0 Å². The van der Waals surface area contributed by atoms with Gasteiger partial charge < -0.3 is 0 Å². The zero-order valence-corrected chi connectivity index (χ0v) is 190. The maximum absolute atomic E-state index is 0. The molecule has 0 spiro atoms. The smallest absolute Gasteiger partial charge is 0 e. The Bertz CT molecular complexity index is 0. The first-order valence-electron chi connectivity index (χ1n) is 0. The average Bonchev–Trinajstić information content (AvgIpc) is 0. The monoisotopic (exact) mass is 10500 g/mol. The molecule has 0 saturated heterocycles. The summed E-state index contributed by atoms with van der Waals surface area (Å²) in [5.41, 5.74) is 0. The topological polar surface area (TPSA) is 0 Å². The molecule has 0 fully saturated rings. The van der Waals surface area contributed by atoms with Crippen LogP contribution in [-0.2, 0) is 1200 Å². The molecular weight excluding hydrogens is 10500 g/mol. The molecule has 0 nitrogen and oxygen atoms in total. The fraction of sp³-hybridized carbons (Fsp3) is 0. The first kappa shape index (κ1) is 567. The molecule has 0 heterocycles. The van der Waals surface area contributed by atoms with Gasteiger partial charge in [-0.25, -0.2) is 0 Å². The second-order valence-corrected chi connectivity index (χ2v) is 0. The molecule has 342 valence electrons. The van der Waals surface area contributed by atoms with E-state index in [1.54, 1.807) is 0 Å². The molecule has 0 rings (SSSR count). The maximum atomic E-state index is 0. The van der Waals surface area contributed by atoms with Gasteiger partial charge in [0.05, 0.1) is 0 Å². The SMILES string of the molecule is [W].[W].[W].[W].[W].[W].[W].[W].[W].[W].[W].[W].[W].[W].[W].[W].[W].[W].[W].[W].[W].[W].[W].[W].[W].[W].[W].[W].[W].[W].[W].[W].[W].[W].[W].[W].[W].[W].[W].[W].[W].[W].[W].[W].[W].[W].[W].[W].[W].[W].[W].[W].[W].[W].[W].[W].[W]. The number of rotatable bonds is 0. The van der Waals surface area contributed by atoms with E-state index in [1.807, 2.05) is 0 Å². The van der Waals surface area contributed by atoms with Gasteiger partial charge in [0.25, 0.3) is 0 Å². The molecule has 57 heteroatoms. The molecule has 0 aliphatic carbocycles. The van der Waals surface area contributed by atoms with E-state index in [9.17, 15) is 0 Å². The third-order valence-corrected chi connectivity index (χ3v) is 0. The molecule has 0 aromatic heterocycles. The predicted molar refractivity (Wildman–Crippen MR) is 0 cm³/mol. The van der Waals surface area contributed by atoms with Crippen molar-refractivity contribution in [3.8, 4) is 0 Å². The summed E-state index contributed by atoms with van der Waals surface area (Å²) in [6.45, 7) is 0. The van der Waals surface area contributed by atoms with Gasteiger partial charge in [-0.05, 0) is 0 Å². The van der Waals surface area contributed by atoms with Crippen LogP contribution < -0.4 is 0 Å². The molecule has 0 saturated carbocycles. The summed E-state index contributed by atoms with van der Waals surface area (Å²) < 4.78 is 0. The molecule has 0 aromatic rings. The van der Waals surface area contributed by atoms with Gasteiger partial charge in [-0.2, -0.15) is 0 Å². The van der Waals surface area contributed by atoms with Crippen LogP contribution in [0.15, 0.2) is 0 Å². The minimum atomic E-state index is 0. The first-order chi connectivity index (χ1) is 0. The van der Waals surface area contributed by atoms with Crippen LogP contribution in [0.4, 0.5) is 0 Å². The molecule has 0 aliphatic heterocycles. The van der Waals surface area contributed by atoms with Crippen LogP contribution in [0, 0.1) is 0 Å². The van der Waals surface area contributed by atoms with Crippen molar-refractivity contribution in [1.82, 2.24) is 0 Å². The molecular formula is W57. The summed E-state index contributed by atoms with van der Waals surface area (Å²) >= 11 is 0. The second kappa shape index (κ2) is 549. The van der Waals surface area contributed by atoms with Gasteiger partial charge in [0.15, 0.2) is 0 Å². The van der Waals surface area contributed by atoms with E-state index in [-0.39, 0.29) is 1200 Å². The molecule has 0 aliphatic rings. The Morgan fingerprint density at radius 1 is 0.0175 bits per heavy atom. The summed E-state index contributed by atoms with van der Waals surface area (Å²) in [6, 6.07) is 0. The van der Waals surface area contributed by atoms with E-state index in [0.717, 1.165) is 0 Å². The summed E-state index contributed by atoms with van der Waals surface area (Å²) in [5.74, 6) is 0. The van der Waals surface area contributed by atoms with Crippen LogP contribution in [0.5, 0.6) is 0 Å². The van der Waals surface area contributed by atoms with Crippen molar-refractivity contribution in [2.75, 3.05) is 0 Å². The summed E-state index contributed by atoms with van der Waals surface area (Å²) in [7, 11) is 0. The average molecular weight is 10500 g/mol. The van der Waals surface area contributed by atoms with Crippen molar-refractivity contribution in [3.05, 3.63) is 0 Å². The number of hydrogen-bond acceptors (Lipinski definition) is 0. The zero-order chi connectivity index (χ0) is 0. The first-order valence-corrected chi connectivity index (χ1v) is 0. The Morgan fingerprint density at radius 3 is 0.0175 bits per heavy atom. The minimum Gasteiger partial charge on any atom is 0 e. The zero-order valence-electron chi connectivity index (χ0n) is 23.3. The van der Waals surface area contributed by atoms with Crippen LogP contribution in [0.2, 0.25) is 0 Å². The summed E-state index contributed by atoms with van der Waals surface area (Å²) in [4.78, 5) is 0. The standard InChI is InChI=1S/57W. The maximum Gasteiger partial charge on any atom is 0 e. The van der Waals surface area contributed by atoms with Crippen molar-refractivity contribution in [2.45, 2.75) is 0 Å². The molecule has 0 atom stereocenters. The molecule has 57 heavy (non-hydrogen) atoms. The van der Waals surface area contributed by atoms with Gasteiger partial charge in [-0.15, -0.1) is 0 Å². The Morgan fingerprint density at radius 2 is 0.0175 bits per heavy atom. The molecule has 0 N–H and O–H groups in total. The van der Waals surface area contributed by atoms with E-state index in [2.05, 4.69) is 0 Å². The van der Waals surface area contributed by atoms with E-state index in [0.29, 0.717) is 0 Å². The van der Waals surface area contributed by atoms with Crippen molar-refractivity contribution >= 4 is 0 Å². The van der Waals surface area contributed by atoms with Gasteiger partial charge in [-0.3, -0.25) is 0 Å². The summed E-state index contributed by atoms with van der Waals surface area (Å²) in [5, 5.41) is 0. The fourth-order valence-corrected chi connectivity index (χ4v) is 0. The molecule has 0 bridgehead atoms. The normalized spacial score (nSPS) is 0. The van der Waals surface area contributed by atoms with Crippen molar-refractivity contribution in [2.24, 2.45) is 0 Å². The van der Waals surface area contributed by atoms with Crippen LogP contribution in [0.1, 0.15) is 0 Å². The minimum absolute atomic E-state index is 0. The van der Waals surface area contributed by atoms with Crippen LogP contribution in [0.3, 0.4) is 0 Å². The Labute approximate surface area is 1160 Å². The van der Waals surface area contributed by atoms with Gasteiger partial charge in [-0.1, -0.05) is 0 Å². The largest absolute Gasteiger partial charge is 0 e. The predicted octanol–water partition coefficient (Wildman–Crippen LogP) is -0.143. The van der Waals surface area contributed by atoms with Crippen molar-refractivity contribution in [3.63, 3.8) is 0 Å². The molecule has 0 aromatic carbocycles. The van der Waals surface area contributed by atoms with Gasteiger partial charge in [0, 0.05) is 1200 Å². The molecule has 0 amide bonds. The van der Waals surface area contributed by atoms with E-state index < -0.39 is 0 Å². The Kier molecular flexibility index (Phi) is 5470. The Hall–Kier alpha value is 39.2. The third kappa shape index (κ3) is 538. The van der Waals surface area contributed by atoms with E-state index in [4.69, 9.17) is 0 Å².